The predicted molar refractivity (Wildman–Crippen MR) is 89.1 cm³/mol. The average molecular weight is 331 g/mol. The summed E-state index contributed by atoms with van der Waals surface area (Å²) in [5.41, 5.74) is 0.819. The van der Waals surface area contributed by atoms with Crippen molar-refractivity contribution in [2.24, 2.45) is 0 Å². The molecule has 23 heavy (non-hydrogen) atoms. The van der Waals surface area contributed by atoms with Crippen LogP contribution >= 0.6 is 0 Å². The van der Waals surface area contributed by atoms with E-state index in [2.05, 4.69) is 20.3 Å². The lowest BCUT2D eigenvalue weighted by Gasteiger charge is -2.11. The number of para-hydroxylation sites is 1. The van der Waals surface area contributed by atoms with Gasteiger partial charge in [-0.2, -0.15) is 0 Å². The maximum Gasteiger partial charge on any atom is 0.151 e. The Morgan fingerprint density at radius 3 is 2.78 bits per heavy atom. The molecule has 3 rings (SSSR count). The van der Waals surface area contributed by atoms with Gasteiger partial charge in [0, 0.05) is 30.6 Å². The van der Waals surface area contributed by atoms with Gasteiger partial charge in [-0.15, -0.1) is 0 Å². The van der Waals surface area contributed by atoms with E-state index < -0.39 is 9.84 Å². The van der Waals surface area contributed by atoms with Crippen LogP contribution in [0.25, 0.3) is 10.9 Å². The smallest absolute Gasteiger partial charge is 0.151 e. The molecule has 0 saturated carbocycles. The minimum Gasteiger partial charge on any atom is -0.368 e. The van der Waals surface area contributed by atoms with Gasteiger partial charge in [0.25, 0.3) is 0 Å². The van der Waals surface area contributed by atoms with Crippen molar-refractivity contribution in [1.82, 2.24) is 19.5 Å². The van der Waals surface area contributed by atoms with E-state index in [0.29, 0.717) is 24.7 Å². The standard InChI is InChI=1S/C15H17N5O2S/c1-23(21,22)9-7-17-15-12-4-2-3-5-13(12)18-14(19-15)10-20-8-6-16-11-20/h2-6,8,11H,7,9-10H2,1H3,(H,17,18,19). The molecule has 0 radical (unpaired) electrons. The Balaban J connectivity index is 1.90. The number of rotatable bonds is 6. The lowest BCUT2D eigenvalue weighted by Crippen LogP contribution is -2.16. The van der Waals surface area contributed by atoms with Crippen molar-refractivity contribution in [3.05, 3.63) is 48.8 Å². The Hall–Kier alpha value is -2.48. The minimum absolute atomic E-state index is 0.0577. The van der Waals surface area contributed by atoms with E-state index in [0.717, 1.165) is 10.9 Å². The number of hydrogen-bond acceptors (Lipinski definition) is 6. The second kappa shape index (κ2) is 6.33. The van der Waals surface area contributed by atoms with Crippen LogP contribution in [0.4, 0.5) is 5.82 Å². The lowest BCUT2D eigenvalue weighted by molar-refractivity contribution is 0.602. The van der Waals surface area contributed by atoms with Crippen LogP contribution in [0.2, 0.25) is 0 Å². The van der Waals surface area contributed by atoms with E-state index in [1.165, 1.54) is 6.26 Å². The summed E-state index contributed by atoms with van der Waals surface area (Å²) in [4.78, 5) is 13.1. The molecular weight excluding hydrogens is 314 g/mol. The number of hydrogen-bond donors (Lipinski definition) is 1. The lowest BCUT2D eigenvalue weighted by atomic mass is 10.2. The van der Waals surface area contributed by atoms with Gasteiger partial charge in [0.15, 0.2) is 5.82 Å². The Morgan fingerprint density at radius 1 is 1.22 bits per heavy atom. The van der Waals surface area contributed by atoms with Crippen molar-refractivity contribution in [2.75, 3.05) is 23.9 Å². The molecule has 0 fully saturated rings. The molecule has 7 nitrogen and oxygen atoms in total. The molecule has 8 heteroatoms. The topological polar surface area (TPSA) is 89.8 Å². The highest BCUT2D eigenvalue weighted by molar-refractivity contribution is 7.90. The first kappa shape index (κ1) is 15.4. The van der Waals surface area contributed by atoms with Gasteiger partial charge in [-0.05, 0) is 12.1 Å². The largest absolute Gasteiger partial charge is 0.368 e. The SMILES string of the molecule is CS(=O)(=O)CCNc1nc(Cn2ccnc2)nc2ccccc12. The number of imidazole rings is 1. The number of fused-ring (bicyclic) bond motifs is 1. The van der Waals surface area contributed by atoms with E-state index in [-0.39, 0.29) is 5.75 Å². The van der Waals surface area contributed by atoms with Crippen molar-refractivity contribution >= 4 is 26.6 Å². The quantitative estimate of drug-likeness (QED) is 0.733. The number of sulfone groups is 1. The summed E-state index contributed by atoms with van der Waals surface area (Å²) in [6.45, 7) is 0.815. The summed E-state index contributed by atoms with van der Waals surface area (Å²) in [5.74, 6) is 1.35. The maximum absolute atomic E-state index is 11.3. The molecule has 2 heterocycles. The van der Waals surface area contributed by atoms with Crippen LogP contribution in [0.1, 0.15) is 5.82 Å². The van der Waals surface area contributed by atoms with Crippen LogP contribution in [0.5, 0.6) is 0 Å². The number of anilines is 1. The van der Waals surface area contributed by atoms with Crippen LogP contribution in [-0.2, 0) is 16.4 Å². The van der Waals surface area contributed by atoms with Crippen molar-refractivity contribution in [1.29, 1.82) is 0 Å². The van der Waals surface area contributed by atoms with Crippen molar-refractivity contribution in [3.8, 4) is 0 Å². The zero-order chi connectivity index (χ0) is 16.3. The van der Waals surface area contributed by atoms with Gasteiger partial charge in [-0.3, -0.25) is 0 Å². The van der Waals surface area contributed by atoms with E-state index in [1.807, 2.05) is 35.0 Å². The van der Waals surface area contributed by atoms with E-state index in [4.69, 9.17) is 0 Å². The van der Waals surface area contributed by atoms with Gasteiger partial charge < -0.3 is 9.88 Å². The van der Waals surface area contributed by atoms with Crippen molar-refractivity contribution < 1.29 is 8.42 Å². The molecule has 1 aromatic carbocycles. The third-order valence-corrected chi connectivity index (χ3v) is 4.24. The number of nitrogens with one attached hydrogen (secondary N) is 1. The van der Waals surface area contributed by atoms with Crippen molar-refractivity contribution in [3.63, 3.8) is 0 Å². The third-order valence-electron chi connectivity index (χ3n) is 3.30. The third kappa shape index (κ3) is 4.04. The monoisotopic (exact) mass is 331 g/mol. The maximum atomic E-state index is 11.3. The predicted octanol–water partition coefficient (Wildman–Crippen LogP) is 1.33. The second-order valence-corrected chi connectivity index (χ2v) is 7.56. The average Bonchev–Trinajstić information content (AvgIpc) is 2.99. The molecule has 0 bridgehead atoms. The molecule has 0 aliphatic carbocycles. The summed E-state index contributed by atoms with van der Waals surface area (Å²) in [6.07, 6.45) is 6.47. The first-order chi connectivity index (χ1) is 11.0. The van der Waals surface area contributed by atoms with Gasteiger partial charge in [0.1, 0.15) is 15.7 Å². The molecule has 0 aliphatic rings. The Morgan fingerprint density at radius 2 is 2.04 bits per heavy atom. The van der Waals surface area contributed by atoms with Gasteiger partial charge >= 0.3 is 0 Å². The summed E-state index contributed by atoms with van der Waals surface area (Å²) in [6, 6.07) is 7.65. The summed E-state index contributed by atoms with van der Waals surface area (Å²) in [5, 5.41) is 3.98. The fourth-order valence-electron chi connectivity index (χ4n) is 2.23. The highest BCUT2D eigenvalue weighted by Crippen LogP contribution is 2.20. The van der Waals surface area contributed by atoms with E-state index >= 15 is 0 Å². The molecule has 0 spiro atoms. The van der Waals surface area contributed by atoms with E-state index in [1.54, 1.807) is 12.5 Å². The molecule has 2 aromatic heterocycles. The van der Waals surface area contributed by atoms with Crippen LogP contribution in [0.3, 0.4) is 0 Å². The van der Waals surface area contributed by atoms with Crippen LogP contribution < -0.4 is 5.32 Å². The summed E-state index contributed by atoms with van der Waals surface area (Å²) >= 11 is 0. The number of benzene rings is 1. The summed E-state index contributed by atoms with van der Waals surface area (Å²) < 4.78 is 24.4. The molecule has 120 valence electrons. The van der Waals surface area contributed by atoms with Crippen LogP contribution in [0.15, 0.2) is 43.0 Å². The molecule has 0 atom stereocenters. The minimum atomic E-state index is -3.02. The normalized spacial score (nSPS) is 11.7. The van der Waals surface area contributed by atoms with Gasteiger partial charge in [0.05, 0.1) is 24.1 Å². The number of aromatic nitrogens is 4. The fraction of sp³-hybridized carbons (Fsp3) is 0.267. The molecule has 0 amide bonds. The van der Waals surface area contributed by atoms with Crippen molar-refractivity contribution in [2.45, 2.75) is 6.54 Å². The highest BCUT2D eigenvalue weighted by atomic mass is 32.2. The molecular formula is C15H17N5O2S. The van der Waals surface area contributed by atoms with Crippen LogP contribution in [0, 0.1) is 0 Å². The van der Waals surface area contributed by atoms with E-state index in [9.17, 15) is 8.42 Å². The molecule has 1 N–H and O–H groups in total. The molecule has 0 unspecified atom stereocenters. The highest BCUT2D eigenvalue weighted by Gasteiger charge is 2.09. The van der Waals surface area contributed by atoms with Gasteiger partial charge in [0.2, 0.25) is 0 Å². The molecule has 0 aliphatic heterocycles. The van der Waals surface area contributed by atoms with Crippen LogP contribution in [-0.4, -0.2) is 46.5 Å². The van der Waals surface area contributed by atoms with Gasteiger partial charge in [-0.25, -0.2) is 23.4 Å². The Bertz CT molecular complexity index is 907. The molecule has 3 aromatic rings. The first-order valence-electron chi connectivity index (χ1n) is 7.14. The Kier molecular flexibility index (Phi) is 4.24. The van der Waals surface area contributed by atoms with Gasteiger partial charge in [-0.1, -0.05) is 12.1 Å². The fourth-order valence-corrected chi connectivity index (χ4v) is 2.70. The zero-order valence-corrected chi connectivity index (χ0v) is 13.5. The molecule has 0 saturated heterocycles. The zero-order valence-electron chi connectivity index (χ0n) is 12.7. The summed E-state index contributed by atoms with van der Waals surface area (Å²) in [7, 11) is -3.02. The first-order valence-corrected chi connectivity index (χ1v) is 9.20. The Labute approximate surface area is 134 Å². The second-order valence-electron chi connectivity index (χ2n) is 5.30. The number of nitrogens with zero attached hydrogens (tertiary/aromatic N) is 4.